The summed E-state index contributed by atoms with van der Waals surface area (Å²) in [7, 11) is 0. The molecule has 7 nitrogen and oxygen atoms in total. The number of fused-ring (bicyclic) bond motifs is 1. The van der Waals surface area contributed by atoms with Gasteiger partial charge in [0.2, 0.25) is 5.76 Å². The van der Waals surface area contributed by atoms with E-state index in [4.69, 9.17) is 21.7 Å². The van der Waals surface area contributed by atoms with Crippen molar-refractivity contribution < 1.29 is 10.5 Å². The fraction of sp³-hybridized carbons (Fsp3) is 0.350. The molecule has 0 saturated heterocycles. The summed E-state index contributed by atoms with van der Waals surface area (Å²) in [5.41, 5.74) is 9.39. The number of hydrogen-bond acceptors (Lipinski definition) is 5. The van der Waals surface area contributed by atoms with E-state index in [0.717, 1.165) is 23.9 Å². The largest absolute Gasteiger partial charge is 0.596 e. The molecular formula is C20H26N6OS+2. The summed E-state index contributed by atoms with van der Waals surface area (Å²) >= 11 is 1.22. The molecular weight excluding hydrogens is 372 g/mol. The molecule has 0 amide bonds. The Kier molecular flexibility index (Phi) is 6.08. The fourth-order valence-corrected chi connectivity index (χ4v) is 4.22. The second kappa shape index (κ2) is 8.52. The van der Waals surface area contributed by atoms with E-state index in [1.54, 1.807) is 26.1 Å². The quantitative estimate of drug-likeness (QED) is 0.314. The highest BCUT2D eigenvalue weighted by molar-refractivity contribution is 8.26. The number of amidine groups is 1. The molecule has 8 heteroatoms. The second-order valence-electron chi connectivity index (χ2n) is 7.01. The Morgan fingerprint density at radius 3 is 2.64 bits per heavy atom. The SMILES string of the molecule is CC(=[NH2+])/C(=C(/C)[OH2+])c1cnc2ccc(N=C(N)SC(=N)C3CCCC3)nc2c1. The minimum absolute atomic E-state index is 0.309. The molecule has 2 heterocycles. The van der Waals surface area contributed by atoms with Gasteiger partial charge in [0, 0.05) is 31.5 Å². The van der Waals surface area contributed by atoms with Crippen molar-refractivity contribution in [2.75, 3.05) is 0 Å². The van der Waals surface area contributed by atoms with E-state index in [1.165, 1.54) is 24.6 Å². The smallest absolute Gasteiger partial charge is 0.240 e. The van der Waals surface area contributed by atoms with Crippen LogP contribution in [0.15, 0.2) is 35.1 Å². The van der Waals surface area contributed by atoms with Crippen molar-refractivity contribution in [1.29, 1.82) is 5.41 Å². The van der Waals surface area contributed by atoms with Crippen LogP contribution >= 0.6 is 11.8 Å². The average molecular weight is 399 g/mol. The van der Waals surface area contributed by atoms with Crippen LogP contribution < -0.4 is 11.1 Å². The van der Waals surface area contributed by atoms with Crippen molar-refractivity contribution >= 4 is 50.1 Å². The van der Waals surface area contributed by atoms with Crippen LogP contribution in [-0.2, 0) is 0 Å². The monoisotopic (exact) mass is 398 g/mol. The normalized spacial score (nSPS) is 16.3. The number of pyridine rings is 2. The van der Waals surface area contributed by atoms with E-state index in [-0.39, 0.29) is 0 Å². The number of aliphatic imine (C=N–C) groups is 1. The molecule has 146 valence electrons. The zero-order chi connectivity index (χ0) is 20.3. The number of thioether (sulfide) groups is 1. The minimum Gasteiger partial charge on any atom is -0.596 e. The molecule has 2 aromatic heterocycles. The average Bonchev–Trinajstić information content (AvgIpc) is 3.15. The van der Waals surface area contributed by atoms with Crippen LogP contribution in [0.3, 0.4) is 0 Å². The first-order valence-electron chi connectivity index (χ1n) is 9.24. The molecule has 1 aliphatic rings. The molecule has 28 heavy (non-hydrogen) atoms. The van der Waals surface area contributed by atoms with Crippen LogP contribution in [0.25, 0.3) is 16.6 Å². The lowest BCUT2D eigenvalue weighted by atomic mass is 10.0. The highest BCUT2D eigenvalue weighted by Gasteiger charge is 2.21. The third-order valence-electron chi connectivity index (χ3n) is 4.75. The van der Waals surface area contributed by atoms with Gasteiger partial charge in [-0.2, -0.15) is 0 Å². The maximum absolute atomic E-state index is 8.20. The summed E-state index contributed by atoms with van der Waals surface area (Å²) in [6.07, 6.45) is 6.18. The van der Waals surface area contributed by atoms with Crippen LogP contribution in [0.1, 0.15) is 45.1 Å². The molecule has 0 aliphatic heterocycles. The standard InChI is InChI=1S/C20H24N6OS/c1-11(21)18(12(2)27)14-9-16-15(24-10-14)7-8-17(25-16)26-20(23)28-19(22)13-5-3-4-6-13/h7-10,13,21-22,27H,3-6H2,1-2H3,(H2,23,25,26)/p+2/b18-12+,21-11?,22-19?. The van der Waals surface area contributed by atoms with Crippen LogP contribution in [0.2, 0.25) is 0 Å². The predicted molar refractivity (Wildman–Crippen MR) is 117 cm³/mol. The molecule has 0 unspecified atom stereocenters. The summed E-state index contributed by atoms with van der Waals surface area (Å²) in [5.74, 6) is 1.16. The lowest BCUT2D eigenvalue weighted by Crippen LogP contribution is -2.38. The molecule has 0 spiro atoms. The van der Waals surface area contributed by atoms with Crippen molar-refractivity contribution in [3.63, 3.8) is 0 Å². The van der Waals surface area contributed by atoms with Gasteiger partial charge in [0.05, 0.1) is 16.1 Å². The fourth-order valence-electron chi connectivity index (χ4n) is 3.45. The number of nitrogens with one attached hydrogen (secondary N) is 1. The Morgan fingerprint density at radius 1 is 1.29 bits per heavy atom. The molecule has 0 bridgehead atoms. The number of hydrogen-bond donors (Lipinski definition) is 3. The van der Waals surface area contributed by atoms with Crippen molar-refractivity contribution in [2.45, 2.75) is 39.5 Å². The van der Waals surface area contributed by atoms with Gasteiger partial charge in [-0.1, -0.05) is 12.8 Å². The van der Waals surface area contributed by atoms with Crippen LogP contribution in [-0.4, -0.2) is 31.0 Å². The predicted octanol–water partition coefficient (Wildman–Crippen LogP) is 2.15. The van der Waals surface area contributed by atoms with Gasteiger partial charge < -0.3 is 10.8 Å². The van der Waals surface area contributed by atoms with Crippen molar-refractivity contribution in [1.82, 2.24) is 9.97 Å². The molecule has 3 rings (SSSR count). The van der Waals surface area contributed by atoms with Crippen LogP contribution in [0.4, 0.5) is 5.82 Å². The van der Waals surface area contributed by atoms with E-state index in [2.05, 4.69) is 15.0 Å². The number of allylic oxidation sites excluding steroid dienone is 2. The van der Waals surface area contributed by atoms with Gasteiger partial charge in [-0.05, 0) is 42.8 Å². The first-order chi connectivity index (χ1) is 13.3. The Balaban J connectivity index is 1.87. The Hall–Kier alpha value is -2.74. The Morgan fingerprint density at radius 2 is 2.00 bits per heavy atom. The lowest BCUT2D eigenvalue weighted by Gasteiger charge is -2.09. The molecule has 0 aromatic carbocycles. The van der Waals surface area contributed by atoms with Gasteiger partial charge in [-0.25, -0.2) is 9.98 Å². The number of aromatic nitrogens is 2. The van der Waals surface area contributed by atoms with E-state index in [1.807, 2.05) is 12.1 Å². The summed E-state index contributed by atoms with van der Waals surface area (Å²) in [6.45, 7) is 3.46. The van der Waals surface area contributed by atoms with Crippen LogP contribution in [0, 0.1) is 11.3 Å². The lowest BCUT2D eigenvalue weighted by molar-refractivity contribution is -0.111. The first-order valence-corrected chi connectivity index (χ1v) is 10.1. The van der Waals surface area contributed by atoms with Crippen molar-refractivity contribution in [3.05, 3.63) is 35.7 Å². The number of nitrogens with two attached hydrogens (primary N) is 2. The summed E-state index contributed by atoms with van der Waals surface area (Å²) < 4.78 is 0. The molecule has 1 fully saturated rings. The summed E-state index contributed by atoms with van der Waals surface area (Å²) in [5, 5.41) is 23.0. The third kappa shape index (κ3) is 4.56. The number of rotatable bonds is 4. The van der Waals surface area contributed by atoms with Gasteiger partial charge >= 0.3 is 0 Å². The molecule has 0 atom stereocenters. The zero-order valence-corrected chi connectivity index (χ0v) is 16.9. The zero-order valence-electron chi connectivity index (χ0n) is 16.1. The Bertz CT molecular complexity index is 987. The van der Waals surface area contributed by atoms with E-state index in [0.29, 0.717) is 44.5 Å². The first kappa shape index (κ1) is 20.0. The molecule has 1 aliphatic carbocycles. The van der Waals surface area contributed by atoms with E-state index in [9.17, 15) is 0 Å². The highest BCUT2D eigenvalue weighted by Crippen LogP contribution is 2.30. The Labute approximate surface area is 168 Å². The van der Waals surface area contributed by atoms with Gasteiger partial charge in [0.15, 0.2) is 16.7 Å². The molecule has 2 aromatic rings. The van der Waals surface area contributed by atoms with Gasteiger partial charge in [-0.3, -0.25) is 15.8 Å². The molecule has 7 N–H and O–H groups in total. The summed E-state index contributed by atoms with van der Waals surface area (Å²) in [6, 6.07) is 5.45. The third-order valence-corrected chi connectivity index (χ3v) is 5.60. The maximum atomic E-state index is 8.20. The summed E-state index contributed by atoms with van der Waals surface area (Å²) in [4.78, 5) is 13.3. The van der Waals surface area contributed by atoms with Crippen LogP contribution in [0.5, 0.6) is 0 Å². The van der Waals surface area contributed by atoms with Gasteiger partial charge in [-0.15, -0.1) is 0 Å². The van der Waals surface area contributed by atoms with Gasteiger partial charge in [0.1, 0.15) is 5.57 Å². The van der Waals surface area contributed by atoms with Crippen molar-refractivity contribution in [3.8, 4) is 0 Å². The van der Waals surface area contributed by atoms with Gasteiger partial charge in [0.25, 0.3) is 0 Å². The maximum Gasteiger partial charge on any atom is 0.240 e. The highest BCUT2D eigenvalue weighted by atomic mass is 32.2. The topological polar surface area (TPSA) is 136 Å². The second-order valence-corrected chi connectivity index (χ2v) is 8.07. The van der Waals surface area contributed by atoms with Crippen molar-refractivity contribution in [2.24, 2.45) is 16.6 Å². The minimum atomic E-state index is 0.309. The molecule has 0 radical (unpaired) electrons. The molecule has 1 saturated carbocycles. The van der Waals surface area contributed by atoms with E-state index < -0.39 is 0 Å². The number of nitrogens with zero attached hydrogens (tertiary/aromatic N) is 3. The van der Waals surface area contributed by atoms with E-state index >= 15 is 0 Å².